The fourth-order valence-corrected chi connectivity index (χ4v) is 1.11. The molecule has 0 radical (unpaired) electrons. The molecule has 0 saturated heterocycles. The molecule has 0 amide bonds. The van der Waals surface area contributed by atoms with E-state index < -0.39 is 0 Å². The number of aromatic nitrogens is 2. The molecule has 0 aliphatic carbocycles. The van der Waals surface area contributed by atoms with Gasteiger partial charge in [-0.25, -0.2) is 0 Å². The summed E-state index contributed by atoms with van der Waals surface area (Å²) in [5, 5.41) is 14.5. The summed E-state index contributed by atoms with van der Waals surface area (Å²) in [6, 6.07) is 5.02. The van der Waals surface area contributed by atoms with Crippen molar-refractivity contribution in [3.05, 3.63) is 23.4 Å². The first-order chi connectivity index (χ1) is 6.31. The SMILES string of the molecule is CCOc1ccc2no[n+]([O-])c2c1. The summed E-state index contributed by atoms with van der Waals surface area (Å²) >= 11 is 0. The normalized spacial score (nSPS) is 10.5. The minimum atomic E-state index is 0.359. The molecule has 2 rings (SSSR count). The number of fused-ring (bicyclic) bond motifs is 1. The summed E-state index contributed by atoms with van der Waals surface area (Å²) in [4.78, 5) is 0.359. The fourth-order valence-electron chi connectivity index (χ4n) is 1.11. The van der Waals surface area contributed by atoms with Gasteiger partial charge in [0.2, 0.25) is 11.0 Å². The lowest BCUT2D eigenvalue weighted by Gasteiger charge is -1.99. The predicted molar refractivity (Wildman–Crippen MR) is 44.1 cm³/mol. The van der Waals surface area contributed by atoms with Crippen LogP contribution in [0.1, 0.15) is 6.92 Å². The van der Waals surface area contributed by atoms with Gasteiger partial charge in [-0.15, -0.1) is 0 Å². The second-order valence-electron chi connectivity index (χ2n) is 2.51. The zero-order valence-corrected chi connectivity index (χ0v) is 7.06. The molecule has 0 fully saturated rings. The molecule has 0 aliphatic rings. The van der Waals surface area contributed by atoms with Crippen LogP contribution >= 0.6 is 0 Å². The van der Waals surface area contributed by atoms with Gasteiger partial charge >= 0.3 is 0 Å². The van der Waals surface area contributed by atoms with Crippen molar-refractivity contribution in [2.24, 2.45) is 0 Å². The summed E-state index contributed by atoms with van der Waals surface area (Å²) in [6.45, 7) is 2.44. The second-order valence-corrected chi connectivity index (χ2v) is 2.51. The quantitative estimate of drug-likeness (QED) is 0.643. The van der Waals surface area contributed by atoms with Crippen LogP contribution in [0.5, 0.6) is 5.75 Å². The number of hydrogen-bond acceptors (Lipinski definition) is 4. The van der Waals surface area contributed by atoms with Gasteiger partial charge in [0.1, 0.15) is 5.75 Å². The Balaban J connectivity index is 2.53. The van der Waals surface area contributed by atoms with E-state index in [9.17, 15) is 5.21 Å². The lowest BCUT2D eigenvalue weighted by atomic mass is 10.3. The molecule has 0 saturated carbocycles. The van der Waals surface area contributed by atoms with E-state index in [4.69, 9.17) is 4.74 Å². The molecule has 0 atom stereocenters. The number of ether oxygens (including phenoxy) is 1. The Bertz CT molecular complexity index is 424. The van der Waals surface area contributed by atoms with E-state index in [2.05, 4.69) is 9.79 Å². The van der Waals surface area contributed by atoms with Crippen molar-refractivity contribution in [1.29, 1.82) is 0 Å². The monoisotopic (exact) mass is 180 g/mol. The molecular weight excluding hydrogens is 172 g/mol. The highest BCUT2D eigenvalue weighted by Crippen LogP contribution is 2.16. The van der Waals surface area contributed by atoms with E-state index >= 15 is 0 Å². The first kappa shape index (κ1) is 7.85. The average molecular weight is 180 g/mol. The highest BCUT2D eigenvalue weighted by molar-refractivity contribution is 5.71. The topological polar surface area (TPSA) is 62.2 Å². The Morgan fingerprint density at radius 3 is 3.23 bits per heavy atom. The van der Waals surface area contributed by atoms with Gasteiger partial charge in [-0.1, -0.05) is 0 Å². The van der Waals surface area contributed by atoms with E-state index in [1.807, 2.05) is 6.92 Å². The summed E-state index contributed by atoms with van der Waals surface area (Å²) < 4.78 is 9.62. The standard InChI is InChI=1S/C8H8N2O3/c1-2-12-6-3-4-7-8(5-6)10(11)13-9-7/h3-5H,2H2,1H3. The largest absolute Gasteiger partial charge is 0.494 e. The second kappa shape index (κ2) is 2.93. The number of nitrogens with zero attached hydrogens (tertiary/aromatic N) is 2. The lowest BCUT2D eigenvalue weighted by Crippen LogP contribution is -2.22. The molecule has 1 heterocycles. The van der Waals surface area contributed by atoms with Crippen LogP contribution in [0.25, 0.3) is 11.0 Å². The van der Waals surface area contributed by atoms with Gasteiger partial charge < -0.3 is 9.94 Å². The van der Waals surface area contributed by atoms with Crippen LogP contribution in [0, 0.1) is 5.21 Å². The first-order valence-corrected chi connectivity index (χ1v) is 3.93. The molecule has 1 aromatic carbocycles. The van der Waals surface area contributed by atoms with E-state index in [1.165, 1.54) is 0 Å². The minimum absolute atomic E-state index is 0.359. The van der Waals surface area contributed by atoms with Crippen LogP contribution in [0.2, 0.25) is 0 Å². The van der Waals surface area contributed by atoms with Crippen molar-refractivity contribution in [3.63, 3.8) is 0 Å². The molecule has 0 bridgehead atoms. The Labute approximate surface area is 74.1 Å². The molecular formula is C8H8N2O3. The Kier molecular flexibility index (Phi) is 1.77. The molecule has 5 nitrogen and oxygen atoms in total. The van der Waals surface area contributed by atoms with E-state index in [0.717, 1.165) is 0 Å². The van der Waals surface area contributed by atoms with Gasteiger partial charge in [0.05, 0.1) is 6.61 Å². The van der Waals surface area contributed by atoms with E-state index in [0.29, 0.717) is 28.3 Å². The highest BCUT2D eigenvalue weighted by atomic mass is 16.8. The molecule has 5 heteroatoms. The molecule has 0 aliphatic heterocycles. The molecule has 0 spiro atoms. The van der Waals surface area contributed by atoms with E-state index in [-0.39, 0.29) is 0 Å². The first-order valence-electron chi connectivity index (χ1n) is 3.93. The van der Waals surface area contributed by atoms with Crippen molar-refractivity contribution in [1.82, 2.24) is 5.16 Å². The van der Waals surface area contributed by atoms with Crippen molar-refractivity contribution < 1.29 is 14.3 Å². The lowest BCUT2D eigenvalue weighted by molar-refractivity contribution is -0.782. The van der Waals surface area contributed by atoms with Gasteiger partial charge in [0.15, 0.2) is 0 Å². The maximum absolute atomic E-state index is 11.0. The number of benzene rings is 1. The Hall–Kier alpha value is -1.78. The van der Waals surface area contributed by atoms with E-state index in [1.54, 1.807) is 18.2 Å². The van der Waals surface area contributed by atoms with Crippen molar-refractivity contribution >= 4 is 11.0 Å². The summed E-state index contributed by atoms with van der Waals surface area (Å²) in [7, 11) is 0. The summed E-state index contributed by atoms with van der Waals surface area (Å²) in [6.07, 6.45) is 0. The number of hydrogen-bond donors (Lipinski definition) is 0. The van der Waals surface area contributed by atoms with Crippen molar-refractivity contribution in [3.8, 4) is 5.75 Å². The zero-order chi connectivity index (χ0) is 9.26. The van der Waals surface area contributed by atoms with Crippen LogP contribution in [-0.2, 0) is 0 Å². The predicted octanol–water partition coefficient (Wildman–Crippen LogP) is 0.860. The van der Waals surface area contributed by atoms with Crippen LogP contribution in [0.4, 0.5) is 0 Å². The molecule has 2 aromatic rings. The third-order valence-electron chi connectivity index (χ3n) is 1.67. The average Bonchev–Trinajstić information content (AvgIpc) is 2.49. The fraction of sp³-hybridized carbons (Fsp3) is 0.250. The molecule has 0 unspecified atom stereocenters. The van der Waals surface area contributed by atoms with Crippen molar-refractivity contribution in [2.75, 3.05) is 6.61 Å². The highest BCUT2D eigenvalue weighted by Gasteiger charge is 2.09. The van der Waals surface area contributed by atoms with Gasteiger partial charge in [-0.3, -0.25) is 4.63 Å². The van der Waals surface area contributed by atoms with Gasteiger partial charge in [-0.2, -0.15) is 0 Å². The van der Waals surface area contributed by atoms with Gasteiger partial charge in [0.25, 0.3) is 0 Å². The zero-order valence-electron chi connectivity index (χ0n) is 7.06. The molecule has 68 valence electrons. The van der Waals surface area contributed by atoms with Crippen molar-refractivity contribution in [2.45, 2.75) is 6.92 Å². The Morgan fingerprint density at radius 1 is 1.62 bits per heavy atom. The molecule has 1 aromatic heterocycles. The van der Waals surface area contributed by atoms with Gasteiger partial charge in [-0.05, 0) is 24.0 Å². The minimum Gasteiger partial charge on any atom is -0.494 e. The number of rotatable bonds is 2. The molecule has 0 N–H and O–H groups in total. The maximum atomic E-state index is 11.0. The van der Waals surface area contributed by atoms with Crippen LogP contribution in [0.15, 0.2) is 22.8 Å². The smallest absolute Gasteiger partial charge is 0.248 e. The molecule has 13 heavy (non-hydrogen) atoms. The van der Waals surface area contributed by atoms with Gasteiger partial charge in [0, 0.05) is 11.2 Å². The third kappa shape index (κ3) is 1.28. The Morgan fingerprint density at radius 2 is 2.46 bits per heavy atom. The van der Waals surface area contributed by atoms with Crippen LogP contribution < -0.4 is 9.64 Å². The maximum Gasteiger partial charge on any atom is 0.248 e. The summed E-state index contributed by atoms with van der Waals surface area (Å²) in [5.74, 6) is 0.641. The third-order valence-corrected chi connectivity index (χ3v) is 1.67. The summed E-state index contributed by atoms with van der Waals surface area (Å²) in [5.41, 5.74) is 0.907. The van der Waals surface area contributed by atoms with Crippen LogP contribution in [-0.4, -0.2) is 11.8 Å². The van der Waals surface area contributed by atoms with Crippen LogP contribution in [0.3, 0.4) is 0 Å².